The van der Waals surface area contributed by atoms with Crippen molar-refractivity contribution in [2.24, 2.45) is 11.8 Å². The summed E-state index contributed by atoms with van der Waals surface area (Å²) in [6.07, 6.45) is 0.417. The van der Waals surface area contributed by atoms with Gasteiger partial charge < -0.3 is 9.05 Å². The van der Waals surface area contributed by atoms with E-state index in [-0.39, 0.29) is 37.7 Å². The molecular formula is C30H34N2O5P+. The molecule has 1 atom stereocenters. The number of carbonyl (C=O) groups excluding carboxylic acids is 2. The van der Waals surface area contributed by atoms with Crippen molar-refractivity contribution < 1.29 is 27.8 Å². The minimum atomic E-state index is -3.63. The van der Waals surface area contributed by atoms with Crippen molar-refractivity contribution in [3.05, 3.63) is 108 Å². The summed E-state index contributed by atoms with van der Waals surface area (Å²) in [5.41, 5.74) is 3.42. The van der Waals surface area contributed by atoms with Crippen LogP contribution in [0.4, 0.5) is 4.79 Å². The van der Waals surface area contributed by atoms with Crippen molar-refractivity contribution in [2.45, 2.75) is 33.5 Å². The van der Waals surface area contributed by atoms with Crippen LogP contribution in [0.1, 0.15) is 30.5 Å². The van der Waals surface area contributed by atoms with Gasteiger partial charge in [-0.25, -0.2) is 4.79 Å². The smallest absolute Gasteiger partial charge is 0.304 e. The van der Waals surface area contributed by atoms with Crippen LogP contribution in [0.3, 0.4) is 0 Å². The molecule has 3 amide bonds. The van der Waals surface area contributed by atoms with E-state index < -0.39 is 19.5 Å². The van der Waals surface area contributed by atoms with Gasteiger partial charge in [0.15, 0.2) is 0 Å². The molecule has 7 nitrogen and oxygen atoms in total. The van der Waals surface area contributed by atoms with Gasteiger partial charge in [-0.3, -0.25) is 4.57 Å². The zero-order valence-corrected chi connectivity index (χ0v) is 22.7. The molecule has 4 rings (SSSR count). The molecule has 0 radical (unpaired) electrons. The third-order valence-electron chi connectivity index (χ3n) is 6.50. The van der Waals surface area contributed by atoms with Crippen LogP contribution < -0.4 is 5.32 Å². The molecule has 0 saturated heterocycles. The number of rotatable bonds is 12. The summed E-state index contributed by atoms with van der Waals surface area (Å²) in [4.78, 5) is 25.9. The highest BCUT2D eigenvalue weighted by Crippen LogP contribution is 2.49. The molecule has 0 bridgehead atoms. The van der Waals surface area contributed by atoms with E-state index in [0.29, 0.717) is 12.1 Å². The molecule has 1 unspecified atom stereocenters. The van der Waals surface area contributed by atoms with Gasteiger partial charge >= 0.3 is 19.5 Å². The SMILES string of the molecule is CC(C)C1C(=O)NC(=O)[N+](CCP(=O)(OCc2ccccc2)OCc2ccccc2)=C1Cc1ccccc1. The maximum Gasteiger partial charge on any atom is 0.498 e. The van der Waals surface area contributed by atoms with Crippen molar-refractivity contribution in [3.63, 3.8) is 0 Å². The largest absolute Gasteiger partial charge is 0.498 e. The molecule has 0 spiro atoms. The van der Waals surface area contributed by atoms with Crippen molar-refractivity contribution in [3.8, 4) is 0 Å². The van der Waals surface area contributed by atoms with E-state index in [1.54, 1.807) is 4.58 Å². The maximum atomic E-state index is 14.0. The van der Waals surface area contributed by atoms with Crippen molar-refractivity contribution in [2.75, 3.05) is 12.7 Å². The zero-order valence-electron chi connectivity index (χ0n) is 21.8. The van der Waals surface area contributed by atoms with Crippen LogP contribution >= 0.6 is 7.60 Å². The number of hydrogen-bond acceptors (Lipinski definition) is 5. The Morgan fingerprint density at radius 1 is 0.789 bits per heavy atom. The highest BCUT2D eigenvalue weighted by molar-refractivity contribution is 7.53. The number of nitrogens with zero attached hydrogens (tertiary/aromatic N) is 1. The molecule has 1 aliphatic heterocycles. The standard InChI is InChI=1S/C30H33N2O5P/c1-23(2)28-27(20-24-12-6-3-7-13-24)32(30(34)31-29(28)33)18-19-38(35,36-21-25-14-8-4-9-15-25)37-22-26-16-10-5-11-17-26/h3-17,23,28H,18-22H2,1-2H3/p+1. The fraction of sp³-hybridized carbons (Fsp3) is 0.300. The molecule has 0 saturated carbocycles. The van der Waals surface area contributed by atoms with E-state index in [4.69, 9.17) is 9.05 Å². The third-order valence-corrected chi connectivity index (χ3v) is 8.29. The molecular weight excluding hydrogens is 499 g/mol. The number of benzene rings is 3. The second kappa shape index (κ2) is 12.9. The molecule has 1 heterocycles. The van der Waals surface area contributed by atoms with Crippen molar-refractivity contribution in [1.29, 1.82) is 0 Å². The molecule has 198 valence electrons. The molecule has 38 heavy (non-hydrogen) atoms. The average Bonchev–Trinajstić information content (AvgIpc) is 2.92. The topological polar surface area (TPSA) is 84.7 Å². The summed E-state index contributed by atoms with van der Waals surface area (Å²) in [7, 11) is -3.63. The van der Waals surface area contributed by atoms with Gasteiger partial charge in [0.1, 0.15) is 18.2 Å². The van der Waals surface area contributed by atoms with E-state index in [1.165, 1.54) is 0 Å². The van der Waals surface area contributed by atoms with Crippen LogP contribution in [0, 0.1) is 11.8 Å². The average molecular weight is 534 g/mol. The highest BCUT2D eigenvalue weighted by Gasteiger charge is 2.43. The van der Waals surface area contributed by atoms with Gasteiger partial charge in [0.2, 0.25) is 0 Å². The Labute approximate surface area is 224 Å². The molecule has 8 heteroatoms. The quantitative estimate of drug-likeness (QED) is 0.234. The Kier molecular flexibility index (Phi) is 9.40. The van der Waals surface area contributed by atoms with Gasteiger partial charge in [0.25, 0.3) is 0 Å². The monoisotopic (exact) mass is 533 g/mol. The minimum Gasteiger partial charge on any atom is -0.304 e. The van der Waals surface area contributed by atoms with Crippen LogP contribution in [-0.2, 0) is 38.0 Å². The van der Waals surface area contributed by atoms with E-state index >= 15 is 0 Å². The predicted octanol–water partition coefficient (Wildman–Crippen LogP) is 5.83. The van der Waals surface area contributed by atoms with Gasteiger partial charge in [-0.1, -0.05) is 105 Å². The number of amides is 3. The molecule has 3 aromatic carbocycles. The van der Waals surface area contributed by atoms with Crippen molar-refractivity contribution >= 4 is 25.2 Å². The number of hydrogen-bond donors (Lipinski definition) is 1. The summed E-state index contributed by atoms with van der Waals surface area (Å²) >= 11 is 0. The second-order valence-corrected chi connectivity index (χ2v) is 11.9. The van der Waals surface area contributed by atoms with Gasteiger partial charge in [-0.2, -0.15) is 14.7 Å². The van der Waals surface area contributed by atoms with Crippen LogP contribution in [0.15, 0.2) is 91.0 Å². The maximum absolute atomic E-state index is 14.0. The van der Waals surface area contributed by atoms with Crippen molar-refractivity contribution in [1.82, 2.24) is 5.32 Å². The first-order valence-electron chi connectivity index (χ1n) is 12.8. The Morgan fingerprint density at radius 2 is 1.26 bits per heavy atom. The van der Waals surface area contributed by atoms with Gasteiger partial charge in [-0.05, 0) is 22.6 Å². The fourth-order valence-electron chi connectivity index (χ4n) is 4.53. The summed E-state index contributed by atoms with van der Waals surface area (Å²) in [5.74, 6) is -0.821. The lowest BCUT2D eigenvalue weighted by Gasteiger charge is -2.26. The summed E-state index contributed by atoms with van der Waals surface area (Å²) in [6.45, 7) is 4.24. The molecule has 0 aromatic heterocycles. The van der Waals surface area contributed by atoms with Gasteiger partial charge in [0.05, 0.1) is 19.4 Å². The van der Waals surface area contributed by atoms with Crippen LogP contribution in [0.2, 0.25) is 0 Å². The lowest BCUT2D eigenvalue weighted by atomic mass is 9.85. The second-order valence-electron chi connectivity index (χ2n) is 9.67. The third kappa shape index (κ3) is 7.35. The molecule has 3 aromatic rings. The number of imide groups is 1. The van der Waals surface area contributed by atoms with Crippen LogP contribution in [0.5, 0.6) is 0 Å². The normalized spacial score (nSPS) is 16.1. The first kappa shape index (κ1) is 27.6. The number of urea groups is 1. The van der Waals surface area contributed by atoms with E-state index in [2.05, 4.69) is 5.32 Å². The zero-order chi connectivity index (χ0) is 27.0. The summed E-state index contributed by atoms with van der Waals surface area (Å²) in [6, 6.07) is 28.1. The first-order chi connectivity index (χ1) is 18.3. The highest BCUT2D eigenvalue weighted by atomic mass is 31.2. The van der Waals surface area contributed by atoms with E-state index in [9.17, 15) is 14.2 Å². The number of nitrogens with one attached hydrogen (secondary N) is 1. The predicted molar refractivity (Wildman–Crippen MR) is 147 cm³/mol. The van der Waals surface area contributed by atoms with Gasteiger partial charge in [-0.15, -0.1) is 0 Å². The van der Waals surface area contributed by atoms with E-state index in [0.717, 1.165) is 16.7 Å². The summed E-state index contributed by atoms with van der Waals surface area (Å²) in [5, 5.41) is 2.48. The lowest BCUT2D eigenvalue weighted by molar-refractivity contribution is -0.429. The Balaban J connectivity index is 1.61. The fourth-order valence-corrected chi connectivity index (χ4v) is 6.00. The van der Waals surface area contributed by atoms with Gasteiger partial charge in [0, 0.05) is 6.42 Å². The van der Waals surface area contributed by atoms with Crippen LogP contribution in [0.25, 0.3) is 0 Å². The molecule has 0 aliphatic carbocycles. The Bertz CT molecular complexity index is 1260. The van der Waals surface area contributed by atoms with Crippen LogP contribution in [-0.4, -0.2) is 34.9 Å². The number of carbonyl (C=O) groups is 2. The molecule has 0 fully saturated rings. The minimum absolute atomic E-state index is 0.0165. The Morgan fingerprint density at radius 3 is 1.74 bits per heavy atom. The Hall–Kier alpha value is -3.38. The molecule has 1 aliphatic rings. The first-order valence-corrected chi connectivity index (χ1v) is 14.6. The lowest BCUT2D eigenvalue weighted by Crippen LogP contribution is -2.55. The molecule has 1 N–H and O–H groups in total. The summed E-state index contributed by atoms with van der Waals surface area (Å²) < 4.78 is 27.3. The van der Waals surface area contributed by atoms with E-state index in [1.807, 2.05) is 105 Å².